The van der Waals surface area contributed by atoms with E-state index in [0.717, 1.165) is 16.4 Å². The maximum Gasteiger partial charge on any atom is 0.289 e. The molecule has 4 rings (SSSR count). The third kappa shape index (κ3) is 6.39. The van der Waals surface area contributed by atoms with Crippen molar-refractivity contribution in [3.05, 3.63) is 125 Å². The Morgan fingerprint density at radius 3 is 2.24 bits per heavy atom. The molecule has 1 N–H and O–H groups in total. The Morgan fingerprint density at radius 1 is 0.895 bits per heavy atom. The van der Waals surface area contributed by atoms with Gasteiger partial charge in [-0.2, -0.15) is 5.10 Å². The maximum atomic E-state index is 13.5. The molecule has 0 saturated heterocycles. The van der Waals surface area contributed by atoms with Gasteiger partial charge in [-0.1, -0.05) is 60.7 Å². The molecule has 0 fully saturated rings. The quantitative estimate of drug-likeness (QED) is 0.179. The minimum Gasteiger partial charge on any atom is -0.457 e. The Bertz CT molecular complexity index is 1560. The Hall–Kier alpha value is -5.03. The lowest BCUT2D eigenvalue weighted by molar-refractivity contribution is -0.387. The van der Waals surface area contributed by atoms with Crippen molar-refractivity contribution in [1.29, 1.82) is 0 Å². The fraction of sp³-hybridized carbons (Fsp3) is 0.0370. The number of para-hydroxylation sites is 3. The monoisotopic (exact) mass is 530 g/mol. The first kappa shape index (κ1) is 26.0. The number of carbonyl (C=O) groups excluding carboxylic acids is 1. The lowest BCUT2D eigenvalue weighted by Crippen LogP contribution is -2.39. The Labute approximate surface area is 219 Å². The molecule has 0 unspecified atom stereocenters. The number of carbonyl (C=O) groups is 1. The molecule has 0 aliphatic heterocycles. The summed E-state index contributed by atoms with van der Waals surface area (Å²) in [7, 11) is -4.48. The average Bonchev–Trinajstić information content (AvgIpc) is 2.93. The van der Waals surface area contributed by atoms with E-state index in [2.05, 4.69) is 10.5 Å². The van der Waals surface area contributed by atoms with Crippen LogP contribution in [-0.2, 0) is 14.8 Å². The number of nitro benzene ring substituents is 1. The number of amides is 1. The van der Waals surface area contributed by atoms with Crippen LogP contribution in [0.15, 0.2) is 119 Å². The molecule has 0 aliphatic rings. The van der Waals surface area contributed by atoms with Gasteiger partial charge in [-0.15, -0.1) is 0 Å². The fourth-order valence-corrected chi connectivity index (χ4v) is 5.06. The molecule has 4 aromatic carbocycles. The van der Waals surface area contributed by atoms with E-state index in [0.29, 0.717) is 17.1 Å². The van der Waals surface area contributed by atoms with Crippen LogP contribution in [0, 0.1) is 10.1 Å². The van der Waals surface area contributed by atoms with Crippen LogP contribution in [0.4, 0.5) is 11.4 Å². The summed E-state index contributed by atoms with van der Waals surface area (Å²) in [5.41, 5.74) is 2.51. The highest BCUT2D eigenvalue weighted by molar-refractivity contribution is 7.93. The van der Waals surface area contributed by atoms with E-state index in [1.807, 2.05) is 30.3 Å². The van der Waals surface area contributed by atoms with Crippen molar-refractivity contribution in [2.75, 3.05) is 10.8 Å². The molecule has 0 atom stereocenters. The first-order chi connectivity index (χ1) is 18.3. The summed E-state index contributed by atoms with van der Waals surface area (Å²) >= 11 is 0. The molecule has 0 heterocycles. The highest BCUT2D eigenvalue weighted by Crippen LogP contribution is 2.29. The van der Waals surface area contributed by atoms with E-state index in [-0.39, 0.29) is 5.69 Å². The SMILES string of the molecule is O=C(CN(c1ccccc1)S(=O)(=O)c1ccccc1[N+](=O)[O-])N/N=C\c1cccc(Oc2ccccc2)c1. The number of nitrogens with zero attached hydrogens (tertiary/aromatic N) is 3. The first-order valence-electron chi connectivity index (χ1n) is 11.3. The average molecular weight is 531 g/mol. The zero-order valence-corrected chi connectivity index (χ0v) is 20.7. The van der Waals surface area contributed by atoms with Crippen molar-refractivity contribution in [3.63, 3.8) is 0 Å². The smallest absolute Gasteiger partial charge is 0.289 e. The van der Waals surface area contributed by atoms with Crippen LogP contribution in [0.25, 0.3) is 0 Å². The second kappa shape index (κ2) is 11.8. The third-order valence-electron chi connectivity index (χ3n) is 5.20. The molecule has 0 aromatic heterocycles. The van der Waals surface area contributed by atoms with Gasteiger partial charge in [0.05, 0.1) is 16.8 Å². The number of anilines is 1. The summed E-state index contributed by atoms with van der Waals surface area (Å²) in [6.07, 6.45) is 1.39. The van der Waals surface area contributed by atoms with E-state index in [9.17, 15) is 23.3 Å². The van der Waals surface area contributed by atoms with Gasteiger partial charge < -0.3 is 4.74 Å². The minimum absolute atomic E-state index is 0.163. The lowest BCUT2D eigenvalue weighted by atomic mass is 10.2. The molecule has 4 aromatic rings. The molecular formula is C27H22N4O6S. The first-order valence-corrected chi connectivity index (χ1v) is 12.7. The van der Waals surface area contributed by atoms with Gasteiger partial charge in [0.1, 0.15) is 18.0 Å². The number of benzene rings is 4. The van der Waals surface area contributed by atoms with Gasteiger partial charge in [0.15, 0.2) is 4.90 Å². The topological polar surface area (TPSA) is 131 Å². The number of sulfonamides is 1. The van der Waals surface area contributed by atoms with E-state index in [1.54, 1.807) is 42.5 Å². The number of nitrogens with one attached hydrogen (secondary N) is 1. The third-order valence-corrected chi connectivity index (χ3v) is 7.02. The fourth-order valence-electron chi connectivity index (χ4n) is 3.48. The molecule has 11 heteroatoms. The van der Waals surface area contributed by atoms with Crippen LogP contribution < -0.4 is 14.5 Å². The van der Waals surface area contributed by atoms with Crippen molar-refractivity contribution >= 4 is 33.5 Å². The Kier molecular flexibility index (Phi) is 8.09. The minimum atomic E-state index is -4.48. The van der Waals surface area contributed by atoms with Crippen molar-refractivity contribution in [1.82, 2.24) is 5.43 Å². The molecule has 0 aliphatic carbocycles. The van der Waals surface area contributed by atoms with Gasteiger partial charge >= 0.3 is 0 Å². The number of hydrogen-bond acceptors (Lipinski definition) is 7. The van der Waals surface area contributed by atoms with Gasteiger partial charge in [-0.3, -0.25) is 19.2 Å². The van der Waals surface area contributed by atoms with Crippen molar-refractivity contribution < 1.29 is 22.9 Å². The molecule has 192 valence electrons. The second-order valence-electron chi connectivity index (χ2n) is 7.85. The summed E-state index contributed by atoms with van der Waals surface area (Å²) in [4.78, 5) is 22.9. The largest absolute Gasteiger partial charge is 0.457 e. The van der Waals surface area contributed by atoms with Crippen molar-refractivity contribution in [2.45, 2.75) is 4.90 Å². The van der Waals surface area contributed by atoms with E-state index < -0.39 is 38.0 Å². The zero-order valence-electron chi connectivity index (χ0n) is 19.9. The molecule has 10 nitrogen and oxygen atoms in total. The van der Waals surface area contributed by atoms with Gasteiger partial charge in [-0.05, 0) is 48.0 Å². The Balaban J connectivity index is 1.51. The predicted molar refractivity (Wildman–Crippen MR) is 143 cm³/mol. The maximum absolute atomic E-state index is 13.5. The van der Waals surface area contributed by atoms with Gasteiger partial charge in [0.25, 0.3) is 21.6 Å². The van der Waals surface area contributed by atoms with Gasteiger partial charge in [-0.25, -0.2) is 13.8 Å². The van der Waals surface area contributed by atoms with Crippen LogP contribution in [0.3, 0.4) is 0 Å². The number of hydrazone groups is 1. The second-order valence-corrected chi connectivity index (χ2v) is 9.68. The van der Waals surface area contributed by atoms with Crippen LogP contribution in [0.1, 0.15) is 5.56 Å². The molecule has 0 bridgehead atoms. The molecule has 0 radical (unpaired) electrons. The Morgan fingerprint density at radius 2 is 1.53 bits per heavy atom. The van der Waals surface area contributed by atoms with Crippen molar-refractivity contribution in [3.8, 4) is 11.5 Å². The highest BCUT2D eigenvalue weighted by atomic mass is 32.2. The molecule has 38 heavy (non-hydrogen) atoms. The van der Waals surface area contributed by atoms with E-state index in [1.165, 1.54) is 30.5 Å². The lowest BCUT2D eigenvalue weighted by Gasteiger charge is -2.23. The summed E-state index contributed by atoms with van der Waals surface area (Å²) in [5, 5.41) is 15.4. The van der Waals surface area contributed by atoms with Crippen LogP contribution in [-0.4, -0.2) is 32.0 Å². The molecule has 0 saturated carbocycles. The van der Waals surface area contributed by atoms with Gasteiger partial charge in [0.2, 0.25) is 0 Å². The molecular weight excluding hydrogens is 508 g/mol. The number of rotatable bonds is 10. The highest BCUT2D eigenvalue weighted by Gasteiger charge is 2.33. The van der Waals surface area contributed by atoms with Gasteiger partial charge in [0, 0.05) is 6.07 Å². The van der Waals surface area contributed by atoms with Crippen LogP contribution in [0.5, 0.6) is 11.5 Å². The number of hydrogen-bond donors (Lipinski definition) is 1. The molecule has 0 spiro atoms. The summed E-state index contributed by atoms with van der Waals surface area (Å²) in [5.74, 6) is 0.483. The summed E-state index contributed by atoms with van der Waals surface area (Å²) in [6.45, 7) is -0.660. The van der Waals surface area contributed by atoms with Crippen LogP contribution in [0.2, 0.25) is 0 Å². The summed E-state index contributed by atoms with van der Waals surface area (Å²) in [6, 6.07) is 29.0. The number of nitro groups is 1. The summed E-state index contributed by atoms with van der Waals surface area (Å²) < 4.78 is 33.5. The zero-order chi connectivity index (χ0) is 27.0. The number of ether oxygens (including phenoxy) is 1. The van der Waals surface area contributed by atoms with Crippen LogP contribution >= 0.6 is 0 Å². The normalized spacial score (nSPS) is 11.2. The van der Waals surface area contributed by atoms with E-state index in [4.69, 9.17) is 4.74 Å². The van der Waals surface area contributed by atoms with E-state index >= 15 is 0 Å². The van der Waals surface area contributed by atoms with Crippen molar-refractivity contribution in [2.24, 2.45) is 5.10 Å². The molecule has 1 amide bonds. The standard InChI is InChI=1S/C27H22N4O6S/c32-27(29-28-19-21-10-9-15-24(18-21)37-23-13-5-2-6-14-23)20-30(22-11-3-1-4-12-22)38(35,36)26-17-8-7-16-25(26)31(33)34/h1-19H,20H2,(H,29,32)/b28-19-. The predicted octanol–water partition coefficient (Wildman–Crippen LogP) is 4.73.